The van der Waals surface area contributed by atoms with Gasteiger partial charge in [0.2, 0.25) is 0 Å². The lowest BCUT2D eigenvalue weighted by Crippen LogP contribution is -2.38. The molecule has 1 aliphatic heterocycles. The summed E-state index contributed by atoms with van der Waals surface area (Å²) in [6.07, 6.45) is 1.55. The van der Waals surface area contributed by atoms with Crippen molar-refractivity contribution in [3.05, 3.63) is 58.1 Å². The number of halogens is 3. The SMILES string of the molecule is Cc1ccc(Cl)c2sc(N(CC3CCCO3)C(=O)c3ccc(F)cc3F)nc12. The maximum absolute atomic E-state index is 14.3. The smallest absolute Gasteiger partial charge is 0.263 e. The number of hydrogen-bond donors (Lipinski definition) is 0. The van der Waals surface area contributed by atoms with Crippen LogP contribution in [0.4, 0.5) is 13.9 Å². The zero-order chi connectivity index (χ0) is 19.8. The van der Waals surface area contributed by atoms with E-state index in [4.69, 9.17) is 16.3 Å². The fraction of sp³-hybridized carbons (Fsp3) is 0.300. The maximum Gasteiger partial charge on any atom is 0.263 e. The summed E-state index contributed by atoms with van der Waals surface area (Å²) in [4.78, 5) is 19.2. The van der Waals surface area contributed by atoms with Gasteiger partial charge in [0, 0.05) is 12.7 Å². The van der Waals surface area contributed by atoms with Gasteiger partial charge in [-0.3, -0.25) is 9.69 Å². The van der Waals surface area contributed by atoms with Crippen molar-refractivity contribution in [2.75, 3.05) is 18.1 Å². The van der Waals surface area contributed by atoms with Crippen molar-refractivity contribution < 1.29 is 18.3 Å². The number of carbonyl (C=O) groups excluding carboxylic acids is 1. The van der Waals surface area contributed by atoms with Gasteiger partial charge in [-0.05, 0) is 43.5 Å². The number of fused-ring (bicyclic) bond motifs is 1. The van der Waals surface area contributed by atoms with E-state index in [0.717, 1.165) is 35.2 Å². The first-order valence-corrected chi connectivity index (χ1v) is 10.1. The van der Waals surface area contributed by atoms with E-state index in [-0.39, 0.29) is 18.2 Å². The van der Waals surface area contributed by atoms with E-state index in [9.17, 15) is 13.6 Å². The van der Waals surface area contributed by atoms with Crippen LogP contribution in [0.25, 0.3) is 10.2 Å². The van der Waals surface area contributed by atoms with Gasteiger partial charge in [0.05, 0.1) is 33.5 Å². The van der Waals surface area contributed by atoms with Crippen LogP contribution in [0.15, 0.2) is 30.3 Å². The van der Waals surface area contributed by atoms with E-state index in [1.54, 1.807) is 6.07 Å². The number of ether oxygens (including phenoxy) is 1. The van der Waals surface area contributed by atoms with Crippen molar-refractivity contribution in [3.8, 4) is 0 Å². The van der Waals surface area contributed by atoms with E-state index in [0.29, 0.717) is 28.3 Å². The fourth-order valence-corrected chi connectivity index (χ4v) is 4.58. The van der Waals surface area contributed by atoms with Crippen LogP contribution in [0, 0.1) is 18.6 Å². The minimum absolute atomic E-state index is 0.156. The number of amides is 1. The molecule has 1 saturated heterocycles. The molecule has 1 fully saturated rings. The van der Waals surface area contributed by atoms with Gasteiger partial charge in [0.1, 0.15) is 11.6 Å². The highest BCUT2D eigenvalue weighted by Crippen LogP contribution is 2.36. The van der Waals surface area contributed by atoms with Crippen LogP contribution in [-0.2, 0) is 4.74 Å². The second-order valence-electron chi connectivity index (χ2n) is 6.71. The Hall–Kier alpha value is -2.09. The van der Waals surface area contributed by atoms with E-state index in [1.807, 2.05) is 13.0 Å². The van der Waals surface area contributed by atoms with E-state index >= 15 is 0 Å². The van der Waals surface area contributed by atoms with Crippen LogP contribution in [0.2, 0.25) is 5.02 Å². The summed E-state index contributed by atoms with van der Waals surface area (Å²) in [5.74, 6) is -2.22. The summed E-state index contributed by atoms with van der Waals surface area (Å²) in [6, 6.07) is 6.57. The second-order valence-corrected chi connectivity index (χ2v) is 8.10. The van der Waals surface area contributed by atoms with Crippen molar-refractivity contribution in [3.63, 3.8) is 0 Å². The zero-order valence-electron chi connectivity index (χ0n) is 15.0. The van der Waals surface area contributed by atoms with Crippen molar-refractivity contribution >= 4 is 44.2 Å². The molecule has 1 atom stereocenters. The highest BCUT2D eigenvalue weighted by molar-refractivity contribution is 7.23. The molecule has 1 aliphatic rings. The quantitative estimate of drug-likeness (QED) is 0.568. The average molecular weight is 423 g/mol. The molecule has 2 aromatic carbocycles. The number of benzene rings is 2. The molecule has 2 heterocycles. The predicted molar refractivity (Wildman–Crippen MR) is 106 cm³/mol. The van der Waals surface area contributed by atoms with Crippen LogP contribution < -0.4 is 4.90 Å². The molecule has 8 heteroatoms. The predicted octanol–water partition coefficient (Wildman–Crippen LogP) is 5.36. The molecule has 0 N–H and O–H groups in total. The topological polar surface area (TPSA) is 42.4 Å². The van der Waals surface area contributed by atoms with Crippen LogP contribution >= 0.6 is 22.9 Å². The molecular weight excluding hydrogens is 406 g/mol. The summed E-state index contributed by atoms with van der Waals surface area (Å²) < 4.78 is 34.0. The minimum Gasteiger partial charge on any atom is -0.376 e. The molecule has 1 aromatic heterocycles. The standard InChI is InChI=1S/C20H17ClF2N2O2S/c1-11-4-7-15(21)18-17(11)24-20(28-18)25(10-13-3-2-8-27-13)19(26)14-6-5-12(22)9-16(14)23/h4-7,9,13H,2-3,8,10H2,1H3. The number of nitrogens with zero attached hydrogens (tertiary/aromatic N) is 2. The van der Waals surface area contributed by atoms with Crippen molar-refractivity contribution in [2.45, 2.75) is 25.9 Å². The van der Waals surface area contributed by atoms with Crippen LogP contribution in [0.3, 0.4) is 0 Å². The Morgan fingerprint density at radius 2 is 2.18 bits per heavy atom. The van der Waals surface area contributed by atoms with Crippen molar-refractivity contribution in [2.24, 2.45) is 0 Å². The highest BCUT2D eigenvalue weighted by Gasteiger charge is 2.29. The summed E-state index contributed by atoms with van der Waals surface area (Å²) in [5, 5.41) is 0.956. The molecule has 0 bridgehead atoms. The number of thiazole rings is 1. The van der Waals surface area contributed by atoms with Gasteiger partial charge in [-0.2, -0.15) is 0 Å². The largest absolute Gasteiger partial charge is 0.376 e. The van der Waals surface area contributed by atoms with Gasteiger partial charge in [0.25, 0.3) is 5.91 Å². The van der Waals surface area contributed by atoms with Crippen LogP contribution in [-0.4, -0.2) is 30.1 Å². The lowest BCUT2D eigenvalue weighted by molar-refractivity contribution is 0.0914. The third-order valence-corrected chi connectivity index (χ3v) is 6.27. The highest BCUT2D eigenvalue weighted by atomic mass is 35.5. The lowest BCUT2D eigenvalue weighted by atomic mass is 10.1. The maximum atomic E-state index is 14.3. The molecule has 3 aromatic rings. The molecule has 28 heavy (non-hydrogen) atoms. The summed E-state index contributed by atoms with van der Waals surface area (Å²) in [6.45, 7) is 2.78. The second kappa shape index (κ2) is 7.73. The van der Waals surface area contributed by atoms with Gasteiger partial charge in [-0.15, -0.1) is 0 Å². The van der Waals surface area contributed by atoms with E-state index in [1.165, 1.54) is 16.2 Å². The molecule has 0 radical (unpaired) electrons. The van der Waals surface area contributed by atoms with Crippen molar-refractivity contribution in [1.29, 1.82) is 0 Å². The first-order chi connectivity index (χ1) is 13.4. The van der Waals surface area contributed by atoms with Gasteiger partial charge in [0.15, 0.2) is 5.13 Å². The summed E-state index contributed by atoms with van der Waals surface area (Å²) in [5.41, 5.74) is 1.43. The summed E-state index contributed by atoms with van der Waals surface area (Å²) >= 11 is 7.57. The zero-order valence-corrected chi connectivity index (χ0v) is 16.6. The molecule has 1 amide bonds. The number of hydrogen-bond acceptors (Lipinski definition) is 4. The first kappa shape index (κ1) is 19.2. The van der Waals surface area contributed by atoms with Gasteiger partial charge in [-0.1, -0.05) is 29.0 Å². The van der Waals surface area contributed by atoms with E-state index < -0.39 is 17.5 Å². The fourth-order valence-electron chi connectivity index (χ4n) is 3.25. The Morgan fingerprint density at radius 3 is 2.86 bits per heavy atom. The van der Waals surface area contributed by atoms with E-state index in [2.05, 4.69) is 4.98 Å². The molecule has 146 valence electrons. The monoisotopic (exact) mass is 422 g/mol. The van der Waals surface area contributed by atoms with Crippen molar-refractivity contribution in [1.82, 2.24) is 4.98 Å². The van der Waals surface area contributed by atoms with Gasteiger partial charge >= 0.3 is 0 Å². The number of carbonyl (C=O) groups is 1. The third-order valence-electron chi connectivity index (χ3n) is 4.73. The Morgan fingerprint density at radius 1 is 1.36 bits per heavy atom. The normalized spacial score (nSPS) is 16.6. The summed E-state index contributed by atoms with van der Waals surface area (Å²) in [7, 11) is 0. The molecular formula is C20H17ClF2N2O2S. The lowest BCUT2D eigenvalue weighted by Gasteiger charge is -2.23. The average Bonchev–Trinajstić information content (AvgIpc) is 3.32. The molecule has 0 saturated carbocycles. The Labute approximate surface area is 169 Å². The van der Waals surface area contributed by atoms with Crippen LogP contribution in [0.1, 0.15) is 28.8 Å². The first-order valence-electron chi connectivity index (χ1n) is 8.88. The molecule has 4 rings (SSSR count). The Balaban J connectivity index is 1.78. The number of aryl methyl sites for hydroxylation is 1. The Kier molecular flexibility index (Phi) is 5.31. The number of aromatic nitrogens is 1. The minimum atomic E-state index is -0.905. The third kappa shape index (κ3) is 3.62. The molecule has 4 nitrogen and oxygen atoms in total. The number of anilines is 1. The van der Waals surface area contributed by atoms with Gasteiger partial charge < -0.3 is 4.74 Å². The molecule has 0 aliphatic carbocycles. The Bertz CT molecular complexity index is 1010. The molecule has 0 spiro atoms. The van der Waals surface area contributed by atoms with Gasteiger partial charge in [-0.25, -0.2) is 13.8 Å². The number of rotatable bonds is 4. The molecule has 1 unspecified atom stereocenters. The van der Waals surface area contributed by atoms with Crippen LogP contribution in [0.5, 0.6) is 0 Å².